The van der Waals surface area contributed by atoms with Crippen molar-refractivity contribution in [3.05, 3.63) is 79.6 Å². The number of esters is 1. The van der Waals surface area contributed by atoms with Crippen LogP contribution in [0.3, 0.4) is 0 Å². The van der Waals surface area contributed by atoms with E-state index in [1.54, 1.807) is 6.08 Å². The van der Waals surface area contributed by atoms with E-state index < -0.39 is 0 Å². The predicted octanol–water partition coefficient (Wildman–Crippen LogP) is 4.53. The summed E-state index contributed by atoms with van der Waals surface area (Å²) in [6.45, 7) is 6.85. The number of rotatable bonds is 5. The maximum atomic E-state index is 10.5. The highest BCUT2D eigenvalue weighted by Gasteiger charge is 2.30. The summed E-state index contributed by atoms with van der Waals surface area (Å²) in [5.74, 6) is 0.0630. The lowest BCUT2D eigenvalue weighted by atomic mass is 10.2. The Hall–Kier alpha value is -2.35. The molecule has 0 atom stereocenters. The average molecular weight is 268 g/mol. The van der Waals surface area contributed by atoms with Crippen LogP contribution < -0.4 is 0 Å². The second kappa shape index (κ2) is 9.56. The molecule has 104 valence electrons. The van der Waals surface area contributed by atoms with Crippen LogP contribution in [0.5, 0.6) is 0 Å². The van der Waals surface area contributed by atoms with Gasteiger partial charge in [-0.1, -0.05) is 73.9 Å². The summed E-state index contributed by atoms with van der Waals surface area (Å²) in [4.78, 5) is 10.5. The zero-order valence-corrected chi connectivity index (χ0v) is 11.6. The molecule has 1 aromatic rings. The van der Waals surface area contributed by atoms with Crippen LogP contribution in [0.1, 0.15) is 18.4 Å². The van der Waals surface area contributed by atoms with Crippen LogP contribution in [0.25, 0.3) is 6.08 Å². The van der Waals surface area contributed by atoms with E-state index >= 15 is 0 Å². The van der Waals surface area contributed by atoms with Crippen molar-refractivity contribution >= 4 is 12.0 Å². The lowest BCUT2D eigenvalue weighted by Crippen LogP contribution is -2.00. The largest absolute Gasteiger partial charge is 0.435 e. The maximum Gasteiger partial charge on any atom is 0.313 e. The van der Waals surface area contributed by atoms with E-state index in [2.05, 4.69) is 36.1 Å². The van der Waals surface area contributed by atoms with Gasteiger partial charge in [-0.2, -0.15) is 0 Å². The molecule has 1 aliphatic rings. The molecule has 1 aliphatic carbocycles. The fourth-order valence-corrected chi connectivity index (χ4v) is 1.37. The summed E-state index contributed by atoms with van der Waals surface area (Å²) >= 11 is 0. The smallest absolute Gasteiger partial charge is 0.313 e. The van der Waals surface area contributed by atoms with Crippen molar-refractivity contribution in [2.24, 2.45) is 5.92 Å². The molecular formula is C18H20O2. The minimum absolute atomic E-state index is 0.125. The van der Waals surface area contributed by atoms with Crippen LogP contribution in [-0.2, 0) is 9.53 Å². The van der Waals surface area contributed by atoms with Crippen molar-refractivity contribution in [3.63, 3.8) is 0 Å². The summed E-state index contributed by atoms with van der Waals surface area (Å²) in [6.07, 6.45) is 12.8. The third kappa shape index (κ3) is 7.17. The van der Waals surface area contributed by atoms with Crippen molar-refractivity contribution in [1.29, 1.82) is 0 Å². The first-order valence-corrected chi connectivity index (χ1v) is 6.60. The van der Waals surface area contributed by atoms with Gasteiger partial charge in [0, 0.05) is 0 Å². The highest BCUT2D eigenvalue weighted by Crippen LogP contribution is 2.29. The fourth-order valence-electron chi connectivity index (χ4n) is 1.37. The molecule has 0 N–H and O–H groups in total. The number of hydrogen-bond acceptors (Lipinski definition) is 2. The van der Waals surface area contributed by atoms with Crippen LogP contribution in [0.2, 0.25) is 0 Å². The molecule has 0 bridgehead atoms. The van der Waals surface area contributed by atoms with Crippen LogP contribution in [0.15, 0.2) is 74.1 Å². The van der Waals surface area contributed by atoms with Gasteiger partial charge in [0.15, 0.2) is 0 Å². The second-order valence-corrected chi connectivity index (χ2v) is 4.27. The number of hydrogen-bond donors (Lipinski definition) is 0. The Morgan fingerprint density at radius 2 is 1.80 bits per heavy atom. The predicted molar refractivity (Wildman–Crippen MR) is 83.8 cm³/mol. The minimum atomic E-state index is -0.125. The molecule has 1 fully saturated rings. The number of ether oxygens (including phenoxy) is 1. The molecule has 0 aromatic heterocycles. The third-order valence-electron chi connectivity index (χ3n) is 2.56. The molecule has 0 heterocycles. The zero-order chi connectivity index (χ0) is 14.6. The van der Waals surface area contributed by atoms with E-state index in [4.69, 9.17) is 0 Å². The Morgan fingerprint density at radius 1 is 1.10 bits per heavy atom. The van der Waals surface area contributed by atoms with Gasteiger partial charge in [-0.3, -0.25) is 4.79 Å². The van der Waals surface area contributed by atoms with Crippen LogP contribution in [0.4, 0.5) is 0 Å². The lowest BCUT2D eigenvalue weighted by Gasteiger charge is -1.90. The van der Waals surface area contributed by atoms with Gasteiger partial charge in [0.1, 0.15) is 0 Å². The first kappa shape index (κ1) is 15.7. The Kier molecular flexibility index (Phi) is 7.51. The van der Waals surface area contributed by atoms with Crippen molar-refractivity contribution in [1.82, 2.24) is 0 Å². The summed E-state index contributed by atoms with van der Waals surface area (Å²) in [5.41, 5.74) is 1.21. The van der Waals surface area contributed by atoms with E-state index in [1.807, 2.05) is 36.4 Å². The highest BCUT2D eigenvalue weighted by molar-refractivity contribution is 5.75. The van der Waals surface area contributed by atoms with E-state index in [1.165, 1.54) is 11.8 Å². The van der Waals surface area contributed by atoms with Crippen LogP contribution in [0, 0.1) is 5.92 Å². The molecule has 0 amide bonds. The number of carbonyl (C=O) groups is 1. The zero-order valence-electron chi connectivity index (χ0n) is 11.6. The van der Waals surface area contributed by atoms with Crippen LogP contribution in [-0.4, -0.2) is 5.97 Å². The number of allylic oxidation sites excluding steroid dienone is 4. The lowest BCUT2D eigenvalue weighted by molar-refractivity contribution is -0.139. The molecule has 1 aromatic carbocycles. The Morgan fingerprint density at radius 3 is 2.35 bits per heavy atom. The molecule has 20 heavy (non-hydrogen) atoms. The average Bonchev–Trinajstić information content (AvgIpc) is 3.30. The number of benzene rings is 1. The molecule has 0 radical (unpaired) electrons. The normalized spacial score (nSPS) is 13.6. The van der Waals surface area contributed by atoms with Crippen LogP contribution >= 0.6 is 0 Å². The van der Waals surface area contributed by atoms with Crippen molar-refractivity contribution in [2.75, 3.05) is 0 Å². The van der Waals surface area contributed by atoms with Gasteiger partial charge in [-0.25, -0.2) is 0 Å². The summed E-state index contributed by atoms with van der Waals surface area (Å²) in [6, 6.07) is 10.2. The first-order valence-electron chi connectivity index (χ1n) is 6.60. The van der Waals surface area contributed by atoms with Gasteiger partial charge in [0.25, 0.3) is 0 Å². The molecule has 2 nitrogen and oxygen atoms in total. The number of carbonyl (C=O) groups excluding carboxylic acids is 1. The summed E-state index contributed by atoms with van der Waals surface area (Å²) in [7, 11) is 0. The minimum Gasteiger partial charge on any atom is -0.435 e. The molecule has 2 heteroatoms. The topological polar surface area (TPSA) is 26.3 Å². The van der Waals surface area contributed by atoms with Gasteiger partial charge in [0.05, 0.1) is 12.2 Å². The van der Waals surface area contributed by atoms with Gasteiger partial charge in [0.2, 0.25) is 0 Å². The van der Waals surface area contributed by atoms with Gasteiger partial charge in [-0.05, 0) is 18.4 Å². The summed E-state index contributed by atoms with van der Waals surface area (Å²) in [5, 5.41) is 0. The third-order valence-corrected chi connectivity index (χ3v) is 2.56. The first-order chi connectivity index (χ1) is 9.77. The second-order valence-electron chi connectivity index (χ2n) is 4.27. The molecular weight excluding hydrogens is 248 g/mol. The Balaban J connectivity index is 0.000000217. The van der Waals surface area contributed by atoms with Gasteiger partial charge in [-0.15, -0.1) is 0 Å². The molecule has 0 aliphatic heterocycles. The Labute approximate surface area is 120 Å². The van der Waals surface area contributed by atoms with Crippen molar-refractivity contribution in [2.45, 2.75) is 12.8 Å². The maximum absolute atomic E-state index is 10.5. The van der Waals surface area contributed by atoms with Gasteiger partial charge < -0.3 is 4.74 Å². The van der Waals surface area contributed by atoms with E-state index in [-0.39, 0.29) is 11.9 Å². The standard InChI is InChI=1S/C12H12.C6H8O2/c1-2-3-4-6-9-12-10-7-5-8-11-12;1-2-8-6(7)5-3-4-5/h2-11H,1H2;2,5H,1,3-4H2. The highest BCUT2D eigenvalue weighted by atomic mass is 16.5. The molecule has 2 rings (SSSR count). The SMILES string of the molecule is C=CC=CC=Cc1ccccc1.C=COC(=O)C1CC1. The van der Waals surface area contributed by atoms with Crippen molar-refractivity contribution in [3.8, 4) is 0 Å². The molecule has 0 spiro atoms. The van der Waals surface area contributed by atoms with E-state index in [0.29, 0.717) is 0 Å². The van der Waals surface area contributed by atoms with E-state index in [0.717, 1.165) is 12.8 Å². The fraction of sp³-hybridized carbons (Fsp3) is 0.167. The van der Waals surface area contributed by atoms with E-state index in [9.17, 15) is 4.79 Å². The monoisotopic (exact) mass is 268 g/mol. The van der Waals surface area contributed by atoms with Crippen molar-refractivity contribution < 1.29 is 9.53 Å². The molecule has 0 unspecified atom stereocenters. The van der Waals surface area contributed by atoms with Gasteiger partial charge >= 0.3 is 5.97 Å². The quantitative estimate of drug-likeness (QED) is 0.445. The Bertz CT molecular complexity index is 479. The molecule has 1 saturated carbocycles. The summed E-state index contributed by atoms with van der Waals surface area (Å²) < 4.78 is 4.49. The molecule has 0 saturated heterocycles.